The standard InChI is InChI=1S/C20H20.2C5H5.4ClH.2Zr/c1-13-9-19(10-14(13)2)17-5-7-18(8-6-17)20-11-15(3)16(4)12-20;2*1-2-4-5-3-1;;;;;;/h5-12H,1-4H3;2*1-5H;4*1H;;/q;;;;;;;2*+4/p-4. The van der Waals surface area contributed by atoms with Crippen LogP contribution in [0.1, 0.15) is 38.8 Å². The van der Waals surface area contributed by atoms with Crippen molar-refractivity contribution < 1.29 is 41.7 Å². The molecule has 0 heterocycles. The molecule has 4 aliphatic rings. The van der Waals surface area contributed by atoms with Crippen molar-refractivity contribution in [2.24, 2.45) is 0 Å². The molecule has 5 rings (SSSR count). The van der Waals surface area contributed by atoms with Crippen molar-refractivity contribution in [3.63, 3.8) is 0 Å². The van der Waals surface area contributed by atoms with Gasteiger partial charge in [0.1, 0.15) is 0 Å². The molecule has 4 fully saturated rings. The van der Waals surface area contributed by atoms with Gasteiger partial charge in [-0.3, -0.25) is 0 Å². The normalized spacial score (nSPS) is 21.1. The van der Waals surface area contributed by atoms with Gasteiger partial charge in [0.2, 0.25) is 0 Å². The predicted molar refractivity (Wildman–Crippen MR) is 150 cm³/mol. The molecule has 0 bridgehead atoms. The van der Waals surface area contributed by atoms with Crippen molar-refractivity contribution in [3.05, 3.63) is 161 Å². The van der Waals surface area contributed by atoms with Crippen LogP contribution in [0.3, 0.4) is 0 Å². The Hall–Kier alpha value is 2.15. The Morgan fingerprint density at radius 1 is 0.389 bits per heavy atom. The van der Waals surface area contributed by atoms with E-state index >= 15 is 0 Å². The first-order valence-corrected chi connectivity index (χ1v) is 23.9. The molecule has 0 aliphatic heterocycles. The van der Waals surface area contributed by atoms with Crippen molar-refractivity contribution in [1.82, 2.24) is 0 Å². The van der Waals surface area contributed by atoms with Gasteiger partial charge in [-0.1, -0.05) is 52.0 Å². The van der Waals surface area contributed by atoms with Crippen molar-refractivity contribution >= 4 is 34.1 Å². The third kappa shape index (κ3) is 15.2. The van der Waals surface area contributed by atoms with Crippen LogP contribution in [-0.4, -0.2) is 0 Å². The summed E-state index contributed by atoms with van der Waals surface area (Å²) in [7, 11) is 19.7. The average Bonchev–Trinajstić information content (AvgIpc) is 3.68. The second kappa shape index (κ2) is 22.8. The third-order valence-corrected chi connectivity index (χ3v) is 5.39. The van der Waals surface area contributed by atoms with E-state index < -0.39 is 41.7 Å². The zero-order valence-corrected chi connectivity index (χ0v) is 28.8. The van der Waals surface area contributed by atoms with Crippen LogP contribution in [-0.2, 0) is 41.7 Å². The molecule has 0 N–H and O–H groups in total. The molecule has 4 saturated carbocycles. The second-order valence-electron chi connectivity index (χ2n) is 7.86. The average molecular weight is 715 g/mol. The summed E-state index contributed by atoms with van der Waals surface area (Å²) in [6.45, 7) is 8.68. The van der Waals surface area contributed by atoms with Gasteiger partial charge in [-0.05, 0) is 125 Å². The maximum absolute atomic E-state index is 4.93. The number of hydrogen-bond donors (Lipinski definition) is 0. The Balaban J connectivity index is 0.000000327. The van der Waals surface area contributed by atoms with Gasteiger partial charge in [0.25, 0.3) is 0 Å². The summed E-state index contributed by atoms with van der Waals surface area (Å²) in [5, 5.41) is 0. The number of rotatable bonds is 2. The summed E-state index contributed by atoms with van der Waals surface area (Å²) in [6, 6.07) is 8.89. The van der Waals surface area contributed by atoms with Crippen LogP contribution >= 0.6 is 34.1 Å². The Labute approximate surface area is 261 Å². The molecule has 0 unspecified atom stereocenters. The van der Waals surface area contributed by atoms with Gasteiger partial charge >= 0.3 is 75.7 Å². The zero-order chi connectivity index (χ0) is 26.8. The predicted octanol–water partition coefficient (Wildman–Crippen LogP) is 9.55. The molecule has 6 heteroatoms. The van der Waals surface area contributed by atoms with Gasteiger partial charge in [-0.2, -0.15) is 0 Å². The van der Waals surface area contributed by atoms with E-state index in [1.54, 1.807) is 0 Å². The first-order valence-electron chi connectivity index (χ1n) is 11.2. The minimum absolute atomic E-state index is 0.826. The van der Waals surface area contributed by atoms with E-state index in [9.17, 15) is 0 Å². The zero-order valence-electron chi connectivity index (χ0n) is 20.9. The van der Waals surface area contributed by atoms with Crippen LogP contribution in [0.15, 0.2) is 24.3 Å². The van der Waals surface area contributed by atoms with E-state index in [-0.39, 0.29) is 0 Å². The van der Waals surface area contributed by atoms with E-state index in [1.165, 1.54) is 46.6 Å². The fraction of sp³-hybridized carbons (Fsp3) is 0.133. The molecule has 36 heavy (non-hydrogen) atoms. The van der Waals surface area contributed by atoms with Crippen LogP contribution in [0.4, 0.5) is 0 Å². The SMILES string of the molecule is C[C]1[CH][C](c2ccc([C]3[CH][C](C)[C](C)[CH]3)cc2)[CH][C]1C.[CH]1[CH][CH][CH][CH]1.[CH]1[CH][CH][CH][CH]1.[Cl][Zr+2][Cl].[Cl][Zr+2][Cl]. The van der Waals surface area contributed by atoms with Gasteiger partial charge in [-0.25, -0.2) is 0 Å². The number of hydrogen-bond acceptors (Lipinski definition) is 0. The molecule has 0 nitrogen and oxygen atoms in total. The molecule has 0 spiro atoms. The monoisotopic (exact) mass is 710 g/mol. The molecule has 4 aliphatic carbocycles. The summed E-state index contributed by atoms with van der Waals surface area (Å²) in [5.74, 6) is 8.11. The fourth-order valence-corrected chi connectivity index (χ4v) is 3.30. The molecule has 1 aromatic carbocycles. The Morgan fingerprint density at radius 3 is 0.722 bits per heavy atom. The Morgan fingerprint density at radius 2 is 0.556 bits per heavy atom. The van der Waals surface area contributed by atoms with Gasteiger partial charge in [-0.15, -0.1) is 0 Å². The van der Waals surface area contributed by atoms with Crippen molar-refractivity contribution in [3.8, 4) is 0 Å². The quantitative estimate of drug-likeness (QED) is 0.287. The van der Waals surface area contributed by atoms with Gasteiger partial charge in [0, 0.05) is 11.8 Å². The first kappa shape index (κ1) is 36.2. The van der Waals surface area contributed by atoms with E-state index in [0.717, 1.165) is 0 Å². The summed E-state index contributed by atoms with van der Waals surface area (Å²) >= 11 is -1.65. The molecule has 0 atom stereocenters. The summed E-state index contributed by atoms with van der Waals surface area (Å²) in [5.41, 5.74) is 2.59. The van der Waals surface area contributed by atoms with Crippen LogP contribution in [0.2, 0.25) is 0 Å². The van der Waals surface area contributed by atoms with Crippen LogP contribution in [0.5, 0.6) is 0 Å². The molecule has 0 amide bonds. The molecular formula is C30H30Cl4Zr2+4. The van der Waals surface area contributed by atoms with E-state index in [4.69, 9.17) is 34.1 Å². The summed E-state index contributed by atoms with van der Waals surface area (Å²) in [6.07, 6.45) is 29.1. The van der Waals surface area contributed by atoms with Crippen molar-refractivity contribution in [2.75, 3.05) is 0 Å². The third-order valence-electron chi connectivity index (χ3n) is 5.39. The Bertz CT molecular complexity index is 544. The maximum atomic E-state index is 4.93. The van der Waals surface area contributed by atoms with Gasteiger partial charge in [0.05, 0.1) is 0 Å². The molecule has 0 aromatic heterocycles. The molecule has 182 valence electrons. The summed E-state index contributed by atoms with van der Waals surface area (Å²) < 4.78 is 0. The minimum atomic E-state index is -0.826. The van der Waals surface area contributed by atoms with Crippen LogP contribution in [0.25, 0.3) is 0 Å². The number of benzene rings is 1. The van der Waals surface area contributed by atoms with Crippen molar-refractivity contribution in [2.45, 2.75) is 27.7 Å². The van der Waals surface area contributed by atoms with Gasteiger partial charge < -0.3 is 0 Å². The van der Waals surface area contributed by atoms with Crippen LogP contribution in [0, 0.1) is 125 Å². The molecule has 1 aromatic rings. The fourth-order valence-electron chi connectivity index (χ4n) is 3.30. The van der Waals surface area contributed by atoms with Crippen LogP contribution < -0.4 is 0 Å². The molecule has 0 saturated heterocycles. The molecule has 20 radical (unpaired) electrons. The Kier molecular flexibility index (Phi) is 22.9. The summed E-state index contributed by atoms with van der Waals surface area (Å²) in [4.78, 5) is 0. The van der Waals surface area contributed by atoms with Gasteiger partial charge in [0.15, 0.2) is 0 Å². The first-order chi connectivity index (χ1) is 17.4. The van der Waals surface area contributed by atoms with E-state index in [2.05, 4.69) is 77.6 Å². The molecular weight excluding hydrogens is 685 g/mol. The second-order valence-corrected chi connectivity index (χ2v) is 15.3. The number of halogens is 4. The topological polar surface area (TPSA) is 0 Å². The van der Waals surface area contributed by atoms with Crippen molar-refractivity contribution in [1.29, 1.82) is 0 Å². The van der Waals surface area contributed by atoms with E-state index in [1.807, 2.05) is 64.2 Å². The van der Waals surface area contributed by atoms with E-state index in [0.29, 0.717) is 0 Å².